The Morgan fingerprint density at radius 3 is 2.52 bits per heavy atom. The van der Waals surface area contributed by atoms with Crippen LogP contribution >= 0.6 is 0 Å². The molecule has 9 nitrogen and oxygen atoms in total. The molecular formula is C21H28N6O3S. The van der Waals surface area contributed by atoms with Gasteiger partial charge in [0, 0.05) is 43.5 Å². The van der Waals surface area contributed by atoms with Crippen molar-refractivity contribution in [1.82, 2.24) is 14.3 Å². The molecule has 1 aromatic heterocycles. The van der Waals surface area contributed by atoms with Crippen LogP contribution < -0.4 is 15.4 Å². The van der Waals surface area contributed by atoms with Gasteiger partial charge in [-0.3, -0.25) is 5.41 Å². The predicted molar refractivity (Wildman–Crippen MR) is 120 cm³/mol. The third-order valence-corrected chi connectivity index (χ3v) is 7.84. The molecule has 2 fully saturated rings. The minimum Gasteiger partial charge on any atom is -0.491 e. The van der Waals surface area contributed by atoms with Crippen LogP contribution in [0.5, 0.6) is 5.75 Å². The van der Waals surface area contributed by atoms with Gasteiger partial charge in [-0.25, -0.2) is 18.4 Å². The summed E-state index contributed by atoms with van der Waals surface area (Å²) in [6, 6.07) is 7.01. The van der Waals surface area contributed by atoms with Crippen molar-refractivity contribution in [2.45, 2.75) is 38.0 Å². The number of hydrogen-bond acceptors (Lipinski definition) is 8. The molecule has 0 atom stereocenters. The molecule has 1 aromatic carbocycles. The quantitative estimate of drug-likeness (QED) is 0.493. The first kappa shape index (κ1) is 21.5. The number of nitrogen functional groups attached to an aromatic ring is 1. The third kappa shape index (κ3) is 4.64. The number of anilines is 2. The average molecular weight is 445 g/mol. The number of aromatic nitrogens is 2. The fourth-order valence-corrected chi connectivity index (χ4v) is 5.47. The van der Waals surface area contributed by atoms with Gasteiger partial charge in [-0.2, -0.15) is 4.31 Å². The van der Waals surface area contributed by atoms with Gasteiger partial charge in [0.15, 0.2) is 0 Å². The van der Waals surface area contributed by atoms with E-state index in [4.69, 9.17) is 15.9 Å². The van der Waals surface area contributed by atoms with E-state index in [0.717, 1.165) is 12.8 Å². The fraction of sp³-hybridized carbons (Fsp3) is 0.476. The Morgan fingerprint density at radius 1 is 1.16 bits per heavy atom. The van der Waals surface area contributed by atoms with Crippen LogP contribution in [0.25, 0.3) is 0 Å². The van der Waals surface area contributed by atoms with Crippen molar-refractivity contribution in [2.75, 3.05) is 36.8 Å². The fourth-order valence-electron chi connectivity index (χ4n) is 3.64. The maximum atomic E-state index is 12.4. The van der Waals surface area contributed by atoms with Crippen molar-refractivity contribution in [3.63, 3.8) is 0 Å². The number of ether oxygens (including phenoxy) is 1. The lowest BCUT2D eigenvalue weighted by Gasteiger charge is -2.34. The van der Waals surface area contributed by atoms with Gasteiger partial charge < -0.3 is 15.4 Å². The molecule has 0 bridgehead atoms. The van der Waals surface area contributed by atoms with Gasteiger partial charge in [0.1, 0.15) is 17.9 Å². The summed E-state index contributed by atoms with van der Waals surface area (Å²) >= 11 is 0. The number of piperazine rings is 1. The summed E-state index contributed by atoms with van der Waals surface area (Å²) in [5, 5.41) is 8.45. The number of nitrogens with one attached hydrogen (secondary N) is 1. The van der Waals surface area contributed by atoms with Crippen LogP contribution in [0.4, 0.5) is 11.5 Å². The summed E-state index contributed by atoms with van der Waals surface area (Å²) in [4.78, 5) is 10.6. The Morgan fingerprint density at radius 2 is 1.87 bits per heavy atom. The normalized spacial score (nSPS) is 17.7. The SMILES string of the molecule is CC(C)Oc1ccc(N)c(C(=N)c2cc(N3CCN(S(=O)(=O)C4CC4)CC3)ncn2)c1. The third-order valence-electron chi connectivity index (χ3n) is 5.44. The van der Waals surface area contributed by atoms with Crippen LogP contribution in [-0.4, -0.2) is 65.9 Å². The van der Waals surface area contributed by atoms with Crippen LogP contribution in [0.1, 0.15) is 37.9 Å². The molecule has 3 N–H and O–H groups in total. The summed E-state index contributed by atoms with van der Waals surface area (Å²) in [5.41, 5.74) is 7.77. The van der Waals surface area contributed by atoms with E-state index < -0.39 is 10.0 Å². The predicted octanol–water partition coefficient (Wildman–Crippen LogP) is 1.88. The van der Waals surface area contributed by atoms with Gasteiger partial charge in [0.05, 0.1) is 22.8 Å². The lowest BCUT2D eigenvalue weighted by molar-refractivity contribution is 0.242. The van der Waals surface area contributed by atoms with E-state index in [-0.39, 0.29) is 17.1 Å². The molecule has 0 unspecified atom stereocenters. The summed E-state index contributed by atoms with van der Waals surface area (Å²) in [5.74, 6) is 1.32. The molecule has 1 aliphatic heterocycles. The molecule has 1 aliphatic carbocycles. The second-order valence-corrected chi connectivity index (χ2v) is 10.4. The van der Waals surface area contributed by atoms with Crippen molar-refractivity contribution < 1.29 is 13.2 Å². The maximum absolute atomic E-state index is 12.4. The smallest absolute Gasteiger partial charge is 0.217 e. The molecule has 0 spiro atoms. The van der Waals surface area contributed by atoms with Gasteiger partial charge in [-0.15, -0.1) is 0 Å². The Hall–Kier alpha value is -2.72. The molecular weight excluding hydrogens is 416 g/mol. The number of nitrogens with two attached hydrogens (primary N) is 1. The number of benzene rings is 1. The van der Waals surface area contributed by atoms with Gasteiger partial charge in [-0.05, 0) is 44.9 Å². The Balaban J connectivity index is 1.49. The molecule has 2 aliphatic rings. The lowest BCUT2D eigenvalue weighted by Crippen LogP contribution is -2.49. The summed E-state index contributed by atoms with van der Waals surface area (Å²) in [7, 11) is -3.16. The number of sulfonamides is 1. The topological polar surface area (TPSA) is 126 Å². The molecule has 4 rings (SSSR count). The van der Waals surface area contributed by atoms with Gasteiger partial charge >= 0.3 is 0 Å². The standard InChI is InChI=1S/C21H28N6O3S/c1-14(2)30-15-3-6-18(22)17(11-15)21(23)19-12-20(25-13-24-19)26-7-9-27(10-8-26)31(28,29)16-4-5-16/h3,6,11-14,16,23H,4-5,7-10,22H2,1-2H3. The second kappa shape index (κ2) is 8.43. The van der Waals surface area contributed by atoms with E-state index in [1.54, 1.807) is 28.6 Å². The molecule has 1 saturated carbocycles. The van der Waals surface area contributed by atoms with Crippen LogP contribution in [0.3, 0.4) is 0 Å². The first-order valence-electron chi connectivity index (χ1n) is 10.5. The maximum Gasteiger partial charge on any atom is 0.217 e. The number of nitrogens with zero attached hydrogens (tertiary/aromatic N) is 4. The molecule has 0 radical (unpaired) electrons. The minimum absolute atomic E-state index is 0.0127. The van der Waals surface area contributed by atoms with E-state index in [0.29, 0.717) is 54.7 Å². The first-order chi connectivity index (χ1) is 14.8. The first-order valence-corrected chi connectivity index (χ1v) is 12.0. The zero-order chi connectivity index (χ0) is 22.2. The summed E-state index contributed by atoms with van der Waals surface area (Å²) in [6.45, 7) is 5.86. The summed E-state index contributed by atoms with van der Waals surface area (Å²) < 4.78 is 32.2. The number of rotatable bonds is 7. The molecule has 2 aromatic rings. The van der Waals surface area contributed by atoms with Crippen LogP contribution in [0.2, 0.25) is 0 Å². The molecule has 0 amide bonds. The van der Waals surface area contributed by atoms with Crippen molar-refractivity contribution in [3.8, 4) is 5.75 Å². The highest BCUT2D eigenvalue weighted by molar-refractivity contribution is 7.90. The highest BCUT2D eigenvalue weighted by Gasteiger charge is 2.41. The van der Waals surface area contributed by atoms with E-state index in [2.05, 4.69) is 9.97 Å². The Kier molecular flexibility index (Phi) is 5.85. The molecule has 10 heteroatoms. The van der Waals surface area contributed by atoms with Gasteiger partial charge in [-0.1, -0.05) is 0 Å². The average Bonchev–Trinajstić information content (AvgIpc) is 3.61. The largest absolute Gasteiger partial charge is 0.491 e. The zero-order valence-corrected chi connectivity index (χ0v) is 18.6. The van der Waals surface area contributed by atoms with Crippen molar-refractivity contribution >= 4 is 27.2 Å². The van der Waals surface area contributed by atoms with E-state index in [1.807, 2.05) is 18.7 Å². The van der Waals surface area contributed by atoms with Crippen molar-refractivity contribution in [3.05, 3.63) is 41.9 Å². The van der Waals surface area contributed by atoms with Crippen LogP contribution in [0.15, 0.2) is 30.6 Å². The van der Waals surface area contributed by atoms with E-state index in [1.165, 1.54) is 6.33 Å². The Bertz CT molecular complexity index is 1080. The lowest BCUT2D eigenvalue weighted by atomic mass is 10.0. The summed E-state index contributed by atoms with van der Waals surface area (Å²) in [6.07, 6.45) is 2.98. The van der Waals surface area contributed by atoms with E-state index in [9.17, 15) is 8.42 Å². The van der Waals surface area contributed by atoms with Crippen LogP contribution in [-0.2, 0) is 10.0 Å². The number of hydrogen-bond donors (Lipinski definition) is 2. The second-order valence-electron chi connectivity index (χ2n) is 8.18. The Labute approximate surface area is 182 Å². The van der Waals surface area contributed by atoms with Crippen molar-refractivity contribution in [2.24, 2.45) is 0 Å². The van der Waals surface area contributed by atoms with Crippen LogP contribution in [0, 0.1) is 5.41 Å². The van der Waals surface area contributed by atoms with Gasteiger partial charge in [0.25, 0.3) is 0 Å². The highest BCUT2D eigenvalue weighted by Crippen LogP contribution is 2.32. The molecule has 31 heavy (non-hydrogen) atoms. The van der Waals surface area contributed by atoms with Crippen molar-refractivity contribution in [1.29, 1.82) is 5.41 Å². The molecule has 2 heterocycles. The highest BCUT2D eigenvalue weighted by atomic mass is 32.2. The van der Waals surface area contributed by atoms with Gasteiger partial charge in [0.2, 0.25) is 10.0 Å². The molecule has 1 saturated heterocycles. The van der Waals surface area contributed by atoms with E-state index >= 15 is 0 Å². The minimum atomic E-state index is -3.16. The monoisotopic (exact) mass is 444 g/mol. The zero-order valence-electron chi connectivity index (χ0n) is 17.8. The molecule has 166 valence electrons.